The lowest BCUT2D eigenvalue weighted by molar-refractivity contribution is -0.384. The molecule has 0 spiro atoms. The van der Waals surface area contributed by atoms with Crippen molar-refractivity contribution in [3.8, 4) is 0 Å². The van der Waals surface area contributed by atoms with Crippen molar-refractivity contribution in [3.63, 3.8) is 0 Å². The fourth-order valence-electron chi connectivity index (χ4n) is 2.95. The zero-order valence-electron chi connectivity index (χ0n) is 13.7. The Morgan fingerprint density at radius 2 is 2.04 bits per heavy atom. The predicted octanol–water partition coefficient (Wildman–Crippen LogP) is 3.15. The van der Waals surface area contributed by atoms with Gasteiger partial charge in [0, 0.05) is 42.0 Å². The molecule has 0 aliphatic carbocycles. The molecule has 1 aliphatic rings. The lowest BCUT2D eigenvalue weighted by atomic mass is 10.0. The van der Waals surface area contributed by atoms with Crippen molar-refractivity contribution in [2.24, 2.45) is 0 Å². The molecule has 0 saturated heterocycles. The fraction of sp³-hybridized carbons (Fsp3) is 0.222. The van der Waals surface area contributed by atoms with Gasteiger partial charge in [0.05, 0.1) is 4.92 Å². The number of nitro groups is 1. The molecule has 0 radical (unpaired) electrons. The van der Waals surface area contributed by atoms with Gasteiger partial charge in [0.1, 0.15) is 0 Å². The van der Waals surface area contributed by atoms with Crippen molar-refractivity contribution in [1.82, 2.24) is 0 Å². The fourth-order valence-corrected chi connectivity index (χ4v) is 2.95. The molecule has 1 heterocycles. The molecule has 128 valence electrons. The zero-order valence-corrected chi connectivity index (χ0v) is 13.7. The van der Waals surface area contributed by atoms with Crippen LogP contribution in [-0.4, -0.2) is 23.3 Å². The largest absolute Gasteiger partial charge is 0.322 e. The normalized spacial score (nSPS) is 13.3. The van der Waals surface area contributed by atoms with Gasteiger partial charge in [0.2, 0.25) is 5.91 Å². The summed E-state index contributed by atoms with van der Waals surface area (Å²) in [5.74, 6) is -0.314. The van der Waals surface area contributed by atoms with Gasteiger partial charge in [0.25, 0.3) is 11.6 Å². The van der Waals surface area contributed by atoms with Crippen molar-refractivity contribution in [1.29, 1.82) is 0 Å². The van der Waals surface area contributed by atoms with Crippen LogP contribution in [0.3, 0.4) is 0 Å². The molecule has 25 heavy (non-hydrogen) atoms. The van der Waals surface area contributed by atoms with E-state index in [4.69, 9.17) is 0 Å². The molecule has 1 N–H and O–H groups in total. The minimum absolute atomic E-state index is 0.100. The molecule has 0 unspecified atom stereocenters. The third-order valence-corrected chi connectivity index (χ3v) is 4.17. The summed E-state index contributed by atoms with van der Waals surface area (Å²) in [6.45, 7) is 2.52. The Bertz CT molecular complexity index is 863. The molecular formula is C18H17N3O4. The van der Waals surface area contributed by atoms with Crippen molar-refractivity contribution >= 4 is 28.9 Å². The van der Waals surface area contributed by atoms with E-state index < -0.39 is 10.8 Å². The Morgan fingerprint density at radius 1 is 1.24 bits per heavy atom. The molecule has 0 fully saturated rings. The first kappa shape index (κ1) is 16.6. The monoisotopic (exact) mass is 339 g/mol. The number of non-ortho nitro benzene ring substituents is 1. The molecular weight excluding hydrogens is 322 g/mol. The maximum absolute atomic E-state index is 12.3. The van der Waals surface area contributed by atoms with Crippen LogP contribution in [-0.2, 0) is 11.2 Å². The van der Waals surface area contributed by atoms with Gasteiger partial charge >= 0.3 is 0 Å². The summed E-state index contributed by atoms with van der Waals surface area (Å²) in [6, 6.07) is 11.0. The van der Waals surface area contributed by atoms with Crippen LogP contribution in [0, 0.1) is 10.1 Å². The number of carbonyl (C=O) groups is 2. The summed E-state index contributed by atoms with van der Waals surface area (Å²) in [7, 11) is 0. The van der Waals surface area contributed by atoms with Crippen molar-refractivity contribution in [2.75, 3.05) is 16.8 Å². The molecule has 0 aromatic heterocycles. The number of nitrogens with zero attached hydrogens (tertiary/aromatic N) is 2. The van der Waals surface area contributed by atoms with Crippen LogP contribution in [0.5, 0.6) is 0 Å². The second-order valence-corrected chi connectivity index (χ2v) is 5.74. The first-order chi connectivity index (χ1) is 12.0. The molecule has 2 aromatic carbocycles. The van der Waals surface area contributed by atoms with Gasteiger partial charge in [-0.05, 0) is 43.2 Å². The Balaban J connectivity index is 1.82. The number of nitrogens with one attached hydrogen (secondary N) is 1. The highest BCUT2D eigenvalue weighted by Gasteiger charge is 2.23. The lowest BCUT2D eigenvalue weighted by Gasteiger charge is -2.28. The summed E-state index contributed by atoms with van der Waals surface area (Å²) < 4.78 is 0. The number of fused-ring (bicyclic) bond motifs is 1. The van der Waals surface area contributed by atoms with Crippen LogP contribution in [0.4, 0.5) is 17.1 Å². The van der Waals surface area contributed by atoms with Crippen molar-refractivity contribution in [3.05, 3.63) is 63.7 Å². The smallest absolute Gasteiger partial charge is 0.270 e. The van der Waals surface area contributed by atoms with Crippen LogP contribution in [0.15, 0.2) is 42.5 Å². The zero-order chi connectivity index (χ0) is 18.0. The van der Waals surface area contributed by atoms with Gasteiger partial charge in [-0.15, -0.1) is 0 Å². The van der Waals surface area contributed by atoms with E-state index in [9.17, 15) is 19.7 Å². The SMILES string of the molecule is CCN1C(=O)CCc2cc(NC(=O)c3cccc([N+](=O)[O-])c3)ccc21. The van der Waals surface area contributed by atoms with Crippen LogP contribution in [0.25, 0.3) is 0 Å². The van der Waals surface area contributed by atoms with Gasteiger partial charge in [-0.1, -0.05) is 6.07 Å². The van der Waals surface area contributed by atoms with Crippen molar-refractivity contribution in [2.45, 2.75) is 19.8 Å². The number of hydrogen-bond donors (Lipinski definition) is 1. The second kappa shape index (κ2) is 6.72. The minimum atomic E-state index is -0.536. The number of hydrogen-bond acceptors (Lipinski definition) is 4. The van der Waals surface area contributed by atoms with Gasteiger partial charge in [-0.2, -0.15) is 0 Å². The average Bonchev–Trinajstić information content (AvgIpc) is 2.62. The number of carbonyl (C=O) groups excluding carboxylic acids is 2. The number of rotatable bonds is 4. The van der Waals surface area contributed by atoms with Gasteiger partial charge in [-0.25, -0.2) is 0 Å². The Morgan fingerprint density at radius 3 is 2.76 bits per heavy atom. The maximum Gasteiger partial charge on any atom is 0.270 e. The van der Waals surface area contributed by atoms with Crippen molar-refractivity contribution < 1.29 is 14.5 Å². The average molecular weight is 339 g/mol. The van der Waals surface area contributed by atoms with E-state index in [-0.39, 0.29) is 17.2 Å². The van der Waals surface area contributed by atoms with Gasteiger partial charge < -0.3 is 10.2 Å². The first-order valence-corrected chi connectivity index (χ1v) is 7.98. The van der Waals surface area contributed by atoms with E-state index in [2.05, 4.69) is 5.32 Å². The molecule has 2 aromatic rings. The van der Waals surface area contributed by atoms with Crippen LogP contribution >= 0.6 is 0 Å². The Labute approximate surface area is 144 Å². The summed E-state index contributed by atoms with van der Waals surface area (Å²) in [5, 5.41) is 13.6. The minimum Gasteiger partial charge on any atom is -0.322 e. The predicted molar refractivity (Wildman–Crippen MR) is 93.8 cm³/mol. The molecule has 1 aliphatic heterocycles. The van der Waals surface area contributed by atoms with Gasteiger partial charge in [0.15, 0.2) is 0 Å². The topological polar surface area (TPSA) is 92.6 Å². The van der Waals surface area contributed by atoms with E-state index in [1.807, 2.05) is 19.1 Å². The van der Waals surface area contributed by atoms with Crippen LogP contribution in [0.2, 0.25) is 0 Å². The van der Waals surface area contributed by atoms with Crippen LogP contribution in [0.1, 0.15) is 29.3 Å². The maximum atomic E-state index is 12.3. The Kier molecular flexibility index (Phi) is 4.47. The standard InChI is InChI=1S/C18H17N3O4/c1-2-20-16-8-7-14(10-12(16)6-9-17(20)22)19-18(23)13-4-3-5-15(11-13)21(24)25/h3-5,7-8,10-11H,2,6,9H2,1H3,(H,19,23). The highest BCUT2D eigenvalue weighted by molar-refractivity contribution is 6.05. The lowest BCUT2D eigenvalue weighted by Crippen LogP contribution is -2.34. The summed E-state index contributed by atoms with van der Waals surface area (Å²) >= 11 is 0. The second-order valence-electron chi connectivity index (χ2n) is 5.74. The van der Waals surface area contributed by atoms with Crippen LogP contribution < -0.4 is 10.2 Å². The molecule has 2 amide bonds. The quantitative estimate of drug-likeness (QED) is 0.684. The van der Waals surface area contributed by atoms with E-state index in [1.54, 1.807) is 11.0 Å². The molecule has 0 bridgehead atoms. The van der Waals surface area contributed by atoms with E-state index in [0.29, 0.717) is 25.1 Å². The number of nitro benzene ring substituents is 1. The van der Waals surface area contributed by atoms with E-state index >= 15 is 0 Å². The number of anilines is 2. The molecule has 7 nitrogen and oxygen atoms in total. The number of amides is 2. The van der Waals surface area contributed by atoms with E-state index in [1.165, 1.54) is 24.3 Å². The molecule has 7 heteroatoms. The number of benzene rings is 2. The molecule has 3 rings (SSSR count). The highest BCUT2D eigenvalue weighted by atomic mass is 16.6. The summed E-state index contributed by atoms with van der Waals surface area (Å²) in [5.41, 5.74) is 2.55. The molecule has 0 atom stereocenters. The third-order valence-electron chi connectivity index (χ3n) is 4.17. The highest BCUT2D eigenvalue weighted by Crippen LogP contribution is 2.30. The molecule has 0 saturated carbocycles. The Hall–Kier alpha value is -3.22. The van der Waals surface area contributed by atoms with E-state index in [0.717, 1.165) is 11.3 Å². The summed E-state index contributed by atoms with van der Waals surface area (Å²) in [6.07, 6.45) is 1.08. The number of aryl methyl sites for hydroxylation is 1. The van der Waals surface area contributed by atoms with Gasteiger partial charge in [-0.3, -0.25) is 19.7 Å². The first-order valence-electron chi connectivity index (χ1n) is 7.98. The summed E-state index contributed by atoms with van der Waals surface area (Å²) in [4.78, 5) is 36.3. The third kappa shape index (κ3) is 3.35.